The maximum Gasteiger partial charge on any atom is 0.573 e. The lowest BCUT2D eigenvalue weighted by Gasteiger charge is -2.43. The monoisotopic (exact) mass is 587 g/mol. The molecule has 0 amide bonds. The van der Waals surface area contributed by atoms with Gasteiger partial charge in [-0.3, -0.25) is 4.99 Å². The van der Waals surface area contributed by atoms with Crippen molar-refractivity contribution in [3.63, 3.8) is 0 Å². The first kappa shape index (κ1) is 27.6. The Balaban J connectivity index is 1.29. The molecule has 2 heterocycles. The Bertz CT molecular complexity index is 1510. The molecule has 3 aromatic rings. The Morgan fingerprint density at radius 2 is 1.61 bits per heavy atom. The summed E-state index contributed by atoms with van der Waals surface area (Å²) in [6.45, 7) is 0.662. The van der Waals surface area contributed by atoms with Crippen LogP contribution in [-0.4, -0.2) is 59.2 Å². The van der Waals surface area contributed by atoms with E-state index < -0.39 is 40.0 Å². The van der Waals surface area contributed by atoms with Crippen LogP contribution in [0.1, 0.15) is 12.8 Å². The van der Waals surface area contributed by atoms with Gasteiger partial charge in [0.25, 0.3) is 0 Å². The van der Waals surface area contributed by atoms with Crippen molar-refractivity contribution in [2.24, 2.45) is 15.3 Å². The number of alkyl halides is 3. The summed E-state index contributed by atoms with van der Waals surface area (Å²) in [7, 11) is -3.25. The normalized spacial score (nSPS) is 23.7. The number of rotatable bonds is 7. The van der Waals surface area contributed by atoms with Crippen molar-refractivity contribution >= 4 is 26.7 Å². The van der Waals surface area contributed by atoms with Crippen LogP contribution in [0.3, 0.4) is 0 Å². The van der Waals surface area contributed by atoms with Gasteiger partial charge in [-0.1, -0.05) is 24.3 Å². The molecule has 0 radical (unpaired) electrons. The van der Waals surface area contributed by atoms with Gasteiger partial charge in [-0.25, -0.2) is 8.57 Å². The van der Waals surface area contributed by atoms with E-state index in [9.17, 15) is 22.5 Å². The highest BCUT2D eigenvalue weighted by Gasteiger charge is 2.40. The van der Waals surface area contributed by atoms with E-state index in [1.165, 1.54) is 17.7 Å². The number of aliphatic hydroxyl groups excluding tert-OH is 1. The SMILES string of the molecule is O=S(C=N[C@@H]1COC[C@@H](N2c3ccccc3Oc3ccccc32)[C@@H]1O)(=NCC1CC1)c1ccc(OC(F)(F)F)cc1. The molecule has 3 aliphatic rings. The lowest BCUT2D eigenvalue weighted by molar-refractivity contribution is -0.274. The third-order valence-corrected chi connectivity index (χ3v) is 9.07. The minimum Gasteiger partial charge on any atom is -0.453 e. The van der Waals surface area contributed by atoms with Gasteiger partial charge >= 0.3 is 6.36 Å². The van der Waals surface area contributed by atoms with Gasteiger partial charge in [-0.05, 0) is 67.3 Å². The molecule has 0 spiro atoms. The topological polar surface area (TPSA) is 93.0 Å². The highest BCUT2D eigenvalue weighted by atomic mass is 32.2. The van der Waals surface area contributed by atoms with Gasteiger partial charge < -0.3 is 24.2 Å². The predicted molar refractivity (Wildman–Crippen MR) is 148 cm³/mol. The first-order valence-corrected chi connectivity index (χ1v) is 14.8. The van der Waals surface area contributed by atoms with Crippen LogP contribution in [0, 0.1) is 5.92 Å². The second kappa shape index (κ2) is 11.0. The molecule has 0 aromatic heterocycles. The summed E-state index contributed by atoms with van der Waals surface area (Å²) < 4.78 is 72.3. The zero-order valence-corrected chi connectivity index (χ0v) is 22.6. The third-order valence-electron chi connectivity index (χ3n) is 7.18. The molecule has 41 heavy (non-hydrogen) atoms. The number of anilines is 2. The number of nitrogens with zero attached hydrogens (tertiary/aromatic N) is 3. The van der Waals surface area contributed by atoms with Crippen LogP contribution in [0.4, 0.5) is 24.5 Å². The van der Waals surface area contributed by atoms with Gasteiger partial charge in [0, 0.05) is 0 Å². The second-order valence-electron chi connectivity index (χ2n) is 10.2. The molecule has 6 rings (SSSR count). The summed E-state index contributed by atoms with van der Waals surface area (Å²) in [5.41, 5.74) is 2.76. The maximum absolute atomic E-state index is 14.0. The fourth-order valence-electron chi connectivity index (χ4n) is 4.89. The maximum atomic E-state index is 14.0. The second-order valence-corrected chi connectivity index (χ2v) is 12.2. The fourth-order valence-corrected chi connectivity index (χ4v) is 6.51. The van der Waals surface area contributed by atoms with Crippen molar-refractivity contribution in [2.75, 3.05) is 24.7 Å². The summed E-state index contributed by atoms with van der Waals surface area (Å²) in [4.78, 5) is 6.70. The highest BCUT2D eigenvalue weighted by Crippen LogP contribution is 2.48. The number of aliphatic hydroxyl groups is 1. The number of halogens is 3. The number of hydrogen-bond donors (Lipinski definition) is 1. The average Bonchev–Trinajstić information content (AvgIpc) is 3.79. The predicted octanol–water partition coefficient (Wildman–Crippen LogP) is 5.92. The van der Waals surface area contributed by atoms with E-state index in [-0.39, 0.29) is 18.1 Å². The van der Waals surface area contributed by atoms with Crippen molar-refractivity contribution in [3.05, 3.63) is 72.8 Å². The molecule has 8 nitrogen and oxygen atoms in total. The van der Waals surface area contributed by atoms with Crippen LogP contribution in [0.25, 0.3) is 0 Å². The number of benzene rings is 3. The van der Waals surface area contributed by atoms with Crippen LogP contribution in [-0.2, 0) is 14.5 Å². The van der Waals surface area contributed by atoms with Crippen LogP contribution in [0.15, 0.2) is 87.0 Å². The van der Waals surface area contributed by atoms with Gasteiger partial charge in [0.2, 0.25) is 0 Å². The molecule has 4 atom stereocenters. The van der Waals surface area contributed by atoms with Crippen molar-refractivity contribution in [1.82, 2.24) is 0 Å². The quantitative estimate of drug-likeness (QED) is 0.273. The summed E-state index contributed by atoms with van der Waals surface area (Å²) in [5, 5.41) is 11.5. The molecular formula is C29H28F3N3O5S. The van der Waals surface area contributed by atoms with E-state index in [2.05, 4.69) is 14.1 Å². The van der Waals surface area contributed by atoms with Gasteiger partial charge in [-0.15, -0.1) is 13.2 Å². The first-order valence-electron chi connectivity index (χ1n) is 13.2. The van der Waals surface area contributed by atoms with E-state index in [4.69, 9.17) is 9.47 Å². The van der Waals surface area contributed by atoms with E-state index in [0.717, 1.165) is 36.3 Å². The van der Waals surface area contributed by atoms with E-state index in [0.29, 0.717) is 24.0 Å². The van der Waals surface area contributed by atoms with Gasteiger partial charge in [0.05, 0.1) is 47.6 Å². The molecule has 1 saturated carbocycles. The summed E-state index contributed by atoms with van der Waals surface area (Å²) in [6.07, 6.45) is -3.88. The Morgan fingerprint density at radius 1 is 0.976 bits per heavy atom. The van der Waals surface area contributed by atoms with E-state index >= 15 is 0 Å². The van der Waals surface area contributed by atoms with Gasteiger partial charge in [-0.2, -0.15) is 0 Å². The number of fused-ring (bicyclic) bond motifs is 2. The Morgan fingerprint density at radius 3 is 2.22 bits per heavy atom. The molecule has 0 bridgehead atoms. The molecule has 12 heteroatoms. The van der Waals surface area contributed by atoms with Gasteiger partial charge in [0.15, 0.2) is 11.5 Å². The fraction of sp³-hybridized carbons (Fsp3) is 0.345. The molecular weight excluding hydrogens is 559 g/mol. The largest absolute Gasteiger partial charge is 0.573 e. The standard InChI is InChI=1S/C29H28F3N3O5S/c30-29(31,32)40-20-11-13-21(14-12-20)41(37,34-15-19-9-10-19)18-33-22-16-38-17-25(28(22)36)35-23-5-1-3-7-26(23)39-27-8-4-2-6-24(27)35/h1-8,11-14,18-19,22,25,28,36H,9-10,15-17H2/t22-,25-,28-,41?/m1/s1. The van der Waals surface area contributed by atoms with Crippen LogP contribution >= 0.6 is 0 Å². The molecule has 2 fully saturated rings. The van der Waals surface area contributed by atoms with Gasteiger partial charge in [0.1, 0.15) is 27.6 Å². The average molecular weight is 588 g/mol. The smallest absolute Gasteiger partial charge is 0.453 e. The molecule has 2 aliphatic heterocycles. The summed E-state index contributed by atoms with van der Waals surface area (Å²) in [6, 6.07) is 18.5. The molecule has 1 N–H and O–H groups in total. The zero-order chi connectivity index (χ0) is 28.6. The highest BCUT2D eigenvalue weighted by molar-refractivity contribution is 8.06. The molecule has 1 saturated heterocycles. The summed E-state index contributed by atoms with van der Waals surface area (Å²) in [5.74, 6) is 1.19. The molecule has 216 valence electrons. The Hall–Kier alpha value is -3.61. The van der Waals surface area contributed by atoms with Crippen molar-refractivity contribution in [2.45, 2.75) is 42.3 Å². The van der Waals surface area contributed by atoms with Crippen LogP contribution in [0.2, 0.25) is 0 Å². The number of hydrogen-bond acceptors (Lipinski definition) is 8. The molecule has 1 aliphatic carbocycles. The van der Waals surface area contributed by atoms with Crippen molar-refractivity contribution in [3.8, 4) is 17.2 Å². The lowest BCUT2D eigenvalue weighted by Crippen LogP contribution is -2.54. The summed E-state index contributed by atoms with van der Waals surface area (Å²) >= 11 is 0. The lowest BCUT2D eigenvalue weighted by atomic mass is 9.98. The zero-order valence-electron chi connectivity index (χ0n) is 21.8. The first-order chi connectivity index (χ1) is 19.7. The van der Waals surface area contributed by atoms with Crippen molar-refractivity contribution < 1.29 is 36.7 Å². The minimum atomic E-state index is -4.84. The number of aliphatic imine (C=N–C) groups is 1. The van der Waals surface area contributed by atoms with Crippen molar-refractivity contribution in [1.29, 1.82) is 0 Å². The number of para-hydroxylation sites is 4. The molecule has 3 aromatic carbocycles. The van der Waals surface area contributed by atoms with E-state index in [1.54, 1.807) is 0 Å². The molecule has 1 unspecified atom stereocenters. The number of ether oxygens (including phenoxy) is 3. The Labute approximate surface area is 235 Å². The third kappa shape index (κ3) is 6.04. The minimum absolute atomic E-state index is 0.0955. The van der Waals surface area contributed by atoms with E-state index in [1.807, 2.05) is 53.4 Å². The Kier molecular flexibility index (Phi) is 7.39. The van der Waals surface area contributed by atoms with Crippen LogP contribution < -0.4 is 14.4 Å². The van der Waals surface area contributed by atoms with Crippen LogP contribution in [0.5, 0.6) is 17.2 Å².